The van der Waals surface area contributed by atoms with Gasteiger partial charge in [-0.1, -0.05) is 6.07 Å². The van der Waals surface area contributed by atoms with Crippen LogP contribution in [0.3, 0.4) is 0 Å². The van der Waals surface area contributed by atoms with E-state index in [4.69, 9.17) is 10.00 Å². The summed E-state index contributed by atoms with van der Waals surface area (Å²) in [5.74, 6) is -1.51. The molecule has 0 fully saturated rings. The molecule has 1 aliphatic carbocycles. The minimum absolute atomic E-state index is 0.0282. The highest BCUT2D eigenvalue weighted by Crippen LogP contribution is 2.53. The number of benzene rings is 1. The lowest BCUT2D eigenvalue weighted by Crippen LogP contribution is -2.30. The van der Waals surface area contributed by atoms with E-state index >= 15 is 4.39 Å². The Kier molecular flexibility index (Phi) is 5.58. The third-order valence-electron chi connectivity index (χ3n) is 7.43. The van der Waals surface area contributed by atoms with E-state index in [0.717, 1.165) is 0 Å². The second-order valence-electron chi connectivity index (χ2n) is 9.88. The van der Waals surface area contributed by atoms with Gasteiger partial charge in [0.15, 0.2) is 5.82 Å². The molecule has 0 saturated heterocycles. The van der Waals surface area contributed by atoms with Crippen molar-refractivity contribution < 1.29 is 27.8 Å². The van der Waals surface area contributed by atoms with E-state index in [-0.39, 0.29) is 35.0 Å². The predicted molar refractivity (Wildman–Crippen MR) is 130 cm³/mol. The predicted octanol–water partition coefficient (Wildman–Crippen LogP) is 4.32. The molecule has 0 radical (unpaired) electrons. The van der Waals surface area contributed by atoms with Crippen molar-refractivity contribution >= 4 is 11.4 Å². The molecule has 1 aromatic carbocycles. The fraction of sp³-hybridized carbons (Fsp3) is 0.296. The summed E-state index contributed by atoms with van der Waals surface area (Å²) in [5.41, 5.74) is 1.34. The van der Waals surface area contributed by atoms with E-state index in [9.17, 15) is 18.7 Å². The maximum Gasteiger partial charge on any atom is 0.387 e. The molecule has 0 unspecified atom stereocenters. The molecule has 1 amide bonds. The highest BCUT2D eigenvalue weighted by atomic mass is 19.3. The van der Waals surface area contributed by atoms with Crippen LogP contribution in [0.2, 0.25) is 0 Å². The van der Waals surface area contributed by atoms with Crippen molar-refractivity contribution in [1.82, 2.24) is 24.5 Å². The first kappa shape index (κ1) is 24.8. The van der Waals surface area contributed by atoms with E-state index in [1.165, 1.54) is 47.1 Å². The number of pyridine rings is 1. The molecule has 3 aromatic heterocycles. The molecule has 2 aliphatic rings. The number of alkyl halides is 2. The van der Waals surface area contributed by atoms with Gasteiger partial charge in [-0.3, -0.25) is 4.79 Å². The molecule has 198 valence electrons. The zero-order valence-electron chi connectivity index (χ0n) is 20.8. The number of amides is 1. The number of rotatable bonds is 5. The van der Waals surface area contributed by atoms with Gasteiger partial charge < -0.3 is 14.7 Å². The average molecular weight is 534 g/mol. The first-order valence-electron chi connectivity index (χ1n) is 12.1. The van der Waals surface area contributed by atoms with Crippen molar-refractivity contribution in [2.45, 2.75) is 43.9 Å². The quantitative estimate of drug-likeness (QED) is 0.405. The number of fused-ring (bicyclic) bond motifs is 9. The Labute approximate surface area is 220 Å². The molecule has 9 nitrogen and oxygen atoms in total. The van der Waals surface area contributed by atoms with Gasteiger partial charge in [0.2, 0.25) is 0 Å². The topological polar surface area (TPSA) is 117 Å². The van der Waals surface area contributed by atoms with Gasteiger partial charge in [-0.05, 0) is 31.5 Å². The number of hydrogen-bond donors (Lipinski definition) is 1. The molecule has 0 spiro atoms. The minimum Gasteiger partial charge on any atom is -0.434 e. The van der Waals surface area contributed by atoms with Crippen LogP contribution in [0.4, 0.5) is 13.2 Å². The Morgan fingerprint density at radius 3 is 2.69 bits per heavy atom. The van der Waals surface area contributed by atoms with Gasteiger partial charge in [0, 0.05) is 53.2 Å². The third-order valence-corrected chi connectivity index (χ3v) is 7.43. The summed E-state index contributed by atoms with van der Waals surface area (Å²) in [7, 11) is 1.63. The smallest absolute Gasteiger partial charge is 0.387 e. The third kappa shape index (κ3) is 3.80. The average Bonchev–Trinajstić information content (AvgIpc) is 3.40. The van der Waals surface area contributed by atoms with Crippen molar-refractivity contribution in [2.75, 3.05) is 7.05 Å². The SMILES string of the molecule is CN1C(=O)c2cccc(OC(F)F)c2[C@H]2C[C@@H]1c1nn3cc(F)c(-c4cnc([C@@](C)(O)CC#N)nc4)cc3c12. The zero-order chi connectivity index (χ0) is 27.6. The van der Waals surface area contributed by atoms with Crippen LogP contribution in [0, 0.1) is 17.1 Å². The Bertz CT molecular complexity index is 1680. The lowest BCUT2D eigenvalue weighted by molar-refractivity contribution is -0.0505. The van der Waals surface area contributed by atoms with Crippen molar-refractivity contribution in [3.05, 3.63) is 76.9 Å². The molecule has 6 rings (SSSR count). The Balaban J connectivity index is 1.52. The van der Waals surface area contributed by atoms with Crippen molar-refractivity contribution in [3.63, 3.8) is 0 Å². The minimum atomic E-state index is -3.08. The summed E-state index contributed by atoms with van der Waals surface area (Å²) < 4.78 is 48.1. The van der Waals surface area contributed by atoms with Gasteiger partial charge in [0.05, 0.1) is 35.9 Å². The largest absolute Gasteiger partial charge is 0.434 e. The fourth-order valence-corrected chi connectivity index (χ4v) is 5.58. The van der Waals surface area contributed by atoms with E-state index in [1.807, 2.05) is 6.07 Å². The number of ether oxygens (including phenoxy) is 1. The first-order chi connectivity index (χ1) is 18.6. The van der Waals surface area contributed by atoms with E-state index in [0.29, 0.717) is 34.3 Å². The maximum atomic E-state index is 15.3. The lowest BCUT2D eigenvalue weighted by atomic mass is 9.88. The Hall–Kier alpha value is -4.50. The summed E-state index contributed by atoms with van der Waals surface area (Å²) in [6, 6.07) is 7.52. The molecule has 4 heterocycles. The maximum absolute atomic E-state index is 15.3. The zero-order valence-corrected chi connectivity index (χ0v) is 20.8. The first-order valence-corrected chi connectivity index (χ1v) is 12.1. The summed E-state index contributed by atoms with van der Waals surface area (Å²) in [4.78, 5) is 23.1. The number of nitriles is 1. The molecule has 12 heteroatoms. The number of carbonyl (C=O) groups excluding carboxylic acids is 1. The van der Waals surface area contributed by atoms with Crippen LogP contribution in [-0.2, 0) is 5.60 Å². The Morgan fingerprint density at radius 2 is 2.00 bits per heavy atom. The van der Waals surface area contributed by atoms with Crippen molar-refractivity contribution in [3.8, 4) is 22.9 Å². The molecule has 3 atom stereocenters. The number of aliphatic hydroxyl groups is 1. The standard InChI is InChI=1S/C27H21F3N6O3/c1-27(38,6-7-31)25-32-10-13(11-33-25)15-8-18-22-16-9-19(23(22)34-36(18)12-17(15)28)35(2)24(37)14-4-3-5-20(21(14)16)39-26(29)30/h3-5,8,10-12,16,19,26,38H,6,9H2,1-2H3/t16-,19-,27+/m1/s1. The van der Waals surface area contributed by atoms with Crippen LogP contribution in [0.15, 0.2) is 42.9 Å². The van der Waals surface area contributed by atoms with Crippen LogP contribution >= 0.6 is 0 Å². The highest BCUT2D eigenvalue weighted by Gasteiger charge is 2.46. The molecule has 1 aliphatic heterocycles. The highest BCUT2D eigenvalue weighted by molar-refractivity contribution is 5.98. The van der Waals surface area contributed by atoms with Crippen molar-refractivity contribution in [1.29, 1.82) is 5.26 Å². The molecule has 39 heavy (non-hydrogen) atoms. The summed E-state index contributed by atoms with van der Waals surface area (Å²) >= 11 is 0. The van der Waals surface area contributed by atoms with E-state index in [2.05, 4.69) is 15.1 Å². The molecular weight excluding hydrogens is 513 g/mol. The number of hydrogen-bond acceptors (Lipinski definition) is 7. The molecule has 2 bridgehead atoms. The van der Waals surface area contributed by atoms with E-state index < -0.39 is 30.0 Å². The van der Waals surface area contributed by atoms with Gasteiger partial charge >= 0.3 is 6.61 Å². The van der Waals surface area contributed by atoms with Crippen LogP contribution < -0.4 is 4.74 Å². The van der Waals surface area contributed by atoms with Gasteiger partial charge in [-0.15, -0.1) is 0 Å². The fourth-order valence-electron chi connectivity index (χ4n) is 5.58. The van der Waals surface area contributed by atoms with Gasteiger partial charge in [-0.25, -0.2) is 18.9 Å². The van der Waals surface area contributed by atoms with Gasteiger partial charge in [-0.2, -0.15) is 19.1 Å². The number of nitrogens with zero attached hydrogens (tertiary/aromatic N) is 6. The number of carbonyl (C=O) groups is 1. The monoisotopic (exact) mass is 534 g/mol. The Morgan fingerprint density at radius 1 is 1.26 bits per heavy atom. The van der Waals surface area contributed by atoms with E-state index in [1.54, 1.807) is 19.2 Å². The van der Waals surface area contributed by atoms with Crippen LogP contribution in [0.1, 0.15) is 64.7 Å². The van der Waals surface area contributed by atoms with Gasteiger partial charge in [0.25, 0.3) is 5.91 Å². The molecule has 0 saturated carbocycles. The van der Waals surface area contributed by atoms with Gasteiger partial charge in [0.1, 0.15) is 17.2 Å². The second-order valence-corrected chi connectivity index (χ2v) is 9.88. The summed E-state index contributed by atoms with van der Waals surface area (Å²) in [5, 5.41) is 23.9. The lowest BCUT2D eigenvalue weighted by Gasteiger charge is -2.23. The summed E-state index contributed by atoms with van der Waals surface area (Å²) in [6.45, 7) is -1.66. The summed E-state index contributed by atoms with van der Waals surface area (Å²) in [6.07, 6.45) is 4.12. The van der Waals surface area contributed by atoms with Crippen LogP contribution in [0.25, 0.3) is 16.6 Å². The molecule has 4 aromatic rings. The van der Waals surface area contributed by atoms with Crippen LogP contribution in [-0.4, -0.2) is 49.2 Å². The second kappa shape index (κ2) is 8.78. The normalized spacial score (nSPS) is 19.4. The molecular formula is C27H21F3N6O3. The van der Waals surface area contributed by atoms with Crippen LogP contribution in [0.5, 0.6) is 5.75 Å². The van der Waals surface area contributed by atoms with Crippen molar-refractivity contribution in [2.24, 2.45) is 0 Å². The molecule has 1 N–H and O–H groups in total. The number of aromatic nitrogens is 4. The number of halogens is 3.